The number of carbonyl (C=O) groups is 2. The van der Waals surface area contributed by atoms with Gasteiger partial charge in [-0.2, -0.15) is 0 Å². The van der Waals surface area contributed by atoms with Crippen molar-refractivity contribution in [3.8, 4) is 0 Å². The maximum atomic E-state index is 14.0. The third-order valence-electron chi connectivity index (χ3n) is 3.83. The van der Waals surface area contributed by atoms with Crippen LogP contribution in [0.3, 0.4) is 0 Å². The molecule has 0 spiro atoms. The molecule has 6 heteroatoms. The smallest absolute Gasteiger partial charge is 0.335 e. The molecule has 2 heterocycles. The van der Waals surface area contributed by atoms with E-state index < -0.39 is 17.7 Å². The maximum Gasteiger partial charge on any atom is 0.335 e. The van der Waals surface area contributed by atoms with Crippen molar-refractivity contribution < 1.29 is 23.5 Å². The summed E-state index contributed by atoms with van der Waals surface area (Å²) in [4.78, 5) is 24.9. The van der Waals surface area contributed by atoms with Gasteiger partial charge in [0.25, 0.3) is 5.91 Å². The molecule has 1 aliphatic rings. The predicted octanol–water partition coefficient (Wildman–Crippen LogP) is 3.09. The van der Waals surface area contributed by atoms with Gasteiger partial charge in [0.05, 0.1) is 23.4 Å². The van der Waals surface area contributed by atoms with Gasteiger partial charge in [-0.1, -0.05) is 0 Å². The zero-order valence-electron chi connectivity index (χ0n) is 11.7. The number of hydrogen-bond donors (Lipinski definition) is 1. The van der Waals surface area contributed by atoms with E-state index in [9.17, 15) is 14.0 Å². The molecule has 1 N–H and O–H groups in total. The van der Waals surface area contributed by atoms with Crippen LogP contribution in [0.25, 0.3) is 0 Å². The van der Waals surface area contributed by atoms with Crippen LogP contribution < -0.4 is 0 Å². The first kappa shape index (κ1) is 14.3. The third kappa shape index (κ3) is 2.47. The molecule has 22 heavy (non-hydrogen) atoms. The van der Waals surface area contributed by atoms with Gasteiger partial charge < -0.3 is 14.4 Å². The molecule has 0 bridgehead atoms. The van der Waals surface area contributed by atoms with Crippen molar-refractivity contribution in [3.05, 3.63) is 59.3 Å². The zero-order chi connectivity index (χ0) is 15.7. The Kier molecular flexibility index (Phi) is 3.66. The fraction of sp³-hybridized carbons (Fsp3) is 0.250. The van der Waals surface area contributed by atoms with Gasteiger partial charge in [-0.25, -0.2) is 9.18 Å². The van der Waals surface area contributed by atoms with Crippen LogP contribution in [0, 0.1) is 5.82 Å². The van der Waals surface area contributed by atoms with E-state index in [0.717, 1.165) is 18.9 Å². The Labute approximate surface area is 126 Å². The van der Waals surface area contributed by atoms with Gasteiger partial charge in [-0.3, -0.25) is 4.79 Å². The molecule has 0 aliphatic carbocycles. The lowest BCUT2D eigenvalue weighted by Gasteiger charge is -2.23. The van der Waals surface area contributed by atoms with Crippen molar-refractivity contribution in [2.45, 2.75) is 18.9 Å². The summed E-state index contributed by atoms with van der Waals surface area (Å²) in [5.41, 5.74) is -0.304. The summed E-state index contributed by atoms with van der Waals surface area (Å²) in [5.74, 6) is -1.83. The van der Waals surface area contributed by atoms with Crippen LogP contribution in [-0.4, -0.2) is 28.4 Å². The van der Waals surface area contributed by atoms with Crippen LogP contribution in [0.15, 0.2) is 41.0 Å². The van der Waals surface area contributed by atoms with Crippen LogP contribution in [0.2, 0.25) is 0 Å². The summed E-state index contributed by atoms with van der Waals surface area (Å²) in [5, 5.41) is 8.84. The summed E-state index contributed by atoms with van der Waals surface area (Å²) in [6, 6.07) is 6.66. The molecule has 1 atom stereocenters. The highest BCUT2D eigenvalue weighted by molar-refractivity contribution is 5.96. The van der Waals surface area contributed by atoms with Gasteiger partial charge in [0, 0.05) is 6.54 Å². The number of halogens is 1. The van der Waals surface area contributed by atoms with E-state index >= 15 is 0 Å². The Bertz CT molecular complexity index is 711. The first-order chi connectivity index (χ1) is 10.6. The fourth-order valence-corrected chi connectivity index (χ4v) is 2.76. The normalized spacial score (nSPS) is 17.7. The van der Waals surface area contributed by atoms with Crippen LogP contribution in [0.1, 0.15) is 45.4 Å². The lowest BCUT2D eigenvalue weighted by Crippen LogP contribution is -2.31. The van der Waals surface area contributed by atoms with Gasteiger partial charge in [0.1, 0.15) is 11.6 Å². The molecular weight excluding hydrogens is 289 g/mol. The molecule has 1 unspecified atom stereocenters. The van der Waals surface area contributed by atoms with E-state index in [0.29, 0.717) is 12.3 Å². The van der Waals surface area contributed by atoms with Gasteiger partial charge in [0.2, 0.25) is 0 Å². The van der Waals surface area contributed by atoms with Crippen molar-refractivity contribution in [2.24, 2.45) is 0 Å². The Morgan fingerprint density at radius 2 is 2.14 bits per heavy atom. The third-order valence-corrected chi connectivity index (χ3v) is 3.83. The predicted molar refractivity (Wildman–Crippen MR) is 75.1 cm³/mol. The van der Waals surface area contributed by atoms with Gasteiger partial charge >= 0.3 is 5.97 Å². The van der Waals surface area contributed by atoms with Gasteiger partial charge in [0.15, 0.2) is 0 Å². The lowest BCUT2D eigenvalue weighted by atomic mass is 10.1. The standard InChI is InChI=1S/C16H14FNO4/c17-12-9-10(16(20)21)5-6-11(12)15(19)18-7-1-3-13(18)14-4-2-8-22-14/h2,4-6,8-9,13H,1,3,7H2,(H,20,21). The molecule has 1 saturated heterocycles. The number of amides is 1. The maximum absolute atomic E-state index is 14.0. The zero-order valence-corrected chi connectivity index (χ0v) is 11.7. The summed E-state index contributed by atoms with van der Waals surface area (Å²) in [6.07, 6.45) is 3.11. The highest BCUT2D eigenvalue weighted by atomic mass is 19.1. The number of aromatic carboxylic acids is 1. The number of carboxylic acids is 1. The highest BCUT2D eigenvalue weighted by Gasteiger charge is 2.33. The quantitative estimate of drug-likeness (QED) is 0.946. The molecule has 2 aromatic rings. The molecular formula is C16H14FNO4. The molecule has 114 valence electrons. The van der Waals surface area contributed by atoms with Crippen molar-refractivity contribution in [1.29, 1.82) is 0 Å². The summed E-state index contributed by atoms with van der Waals surface area (Å²) >= 11 is 0. The van der Waals surface area contributed by atoms with E-state index in [2.05, 4.69) is 0 Å². The minimum absolute atomic E-state index is 0.122. The van der Waals surface area contributed by atoms with Crippen LogP contribution >= 0.6 is 0 Å². The largest absolute Gasteiger partial charge is 0.478 e. The first-order valence-electron chi connectivity index (χ1n) is 6.95. The number of carbonyl (C=O) groups excluding carboxylic acids is 1. The van der Waals surface area contributed by atoms with E-state index in [4.69, 9.17) is 9.52 Å². The molecule has 1 amide bonds. The second-order valence-electron chi connectivity index (χ2n) is 5.17. The molecule has 5 nitrogen and oxygen atoms in total. The molecule has 0 saturated carbocycles. The van der Waals surface area contributed by atoms with E-state index in [1.165, 1.54) is 12.1 Å². The topological polar surface area (TPSA) is 70.8 Å². The molecule has 1 aromatic heterocycles. The number of likely N-dealkylation sites (tertiary alicyclic amines) is 1. The van der Waals surface area contributed by atoms with Crippen molar-refractivity contribution in [1.82, 2.24) is 4.90 Å². The van der Waals surface area contributed by atoms with Crippen LogP contribution in [0.5, 0.6) is 0 Å². The fourth-order valence-electron chi connectivity index (χ4n) is 2.76. The Hall–Kier alpha value is -2.63. The van der Waals surface area contributed by atoms with Crippen LogP contribution in [0.4, 0.5) is 4.39 Å². The van der Waals surface area contributed by atoms with Crippen LogP contribution in [-0.2, 0) is 0 Å². The van der Waals surface area contributed by atoms with Gasteiger partial charge in [-0.15, -0.1) is 0 Å². The number of rotatable bonds is 3. The molecule has 3 rings (SSSR count). The van der Waals surface area contributed by atoms with Crippen molar-refractivity contribution in [3.63, 3.8) is 0 Å². The SMILES string of the molecule is O=C(O)c1ccc(C(=O)N2CCCC2c2ccco2)c(F)c1. The number of furan rings is 1. The minimum Gasteiger partial charge on any atom is -0.478 e. The van der Waals surface area contributed by atoms with E-state index in [1.807, 2.05) is 0 Å². The van der Waals surface area contributed by atoms with E-state index in [1.54, 1.807) is 23.3 Å². The number of nitrogens with zero attached hydrogens (tertiary/aromatic N) is 1. The number of benzene rings is 1. The second-order valence-corrected chi connectivity index (χ2v) is 5.17. The lowest BCUT2D eigenvalue weighted by molar-refractivity contribution is 0.0688. The molecule has 1 fully saturated rings. The molecule has 1 aromatic carbocycles. The van der Waals surface area contributed by atoms with E-state index in [-0.39, 0.29) is 17.2 Å². The van der Waals surface area contributed by atoms with Crippen molar-refractivity contribution in [2.75, 3.05) is 6.54 Å². The van der Waals surface area contributed by atoms with Crippen molar-refractivity contribution >= 4 is 11.9 Å². The summed E-state index contributed by atoms with van der Waals surface area (Å²) in [7, 11) is 0. The minimum atomic E-state index is -1.23. The average molecular weight is 303 g/mol. The van der Waals surface area contributed by atoms with Gasteiger partial charge in [-0.05, 0) is 43.2 Å². The number of carboxylic acid groups (broad SMARTS) is 1. The first-order valence-corrected chi connectivity index (χ1v) is 6.95. The Balaban J connectivity index is 1.89. The second kappa shape index (κ2) is 5.63. The molecule has 1 aliphatic heterocycles. The number of hydrogen-bond acceptors (Lipinski definition) is 3. The average Bonchev–Trinajstić information content (AvgIpc) is 3.16. The summed E-state index contributed by atoms with van der Waals surface area (Å²) < 4.78 is 19.4. The summed E-state index contributed by atoms with van der Waals surface area (Å²) in [6.45, 7) is 0.518. The highest BCUT2D eigenvalue weighted by Crippen LogP contribution is 2.33. The molecule has 0 radical (unpaired) electrons. The Morgan fingerprint density at radius 3 is 2.77 bits per heavy atom. The monoisotopic (exact) mass is 303 g/mol. The Morgan fingerprint density at radius 1 is 1.32 bits per heavy atom.